The number of hydrogen-bond acceptors (Lipinski definition) is 3. The molecule has 0 saturated heterocycles. The van der Waals surface area contributed by atoms with Gasteiger partial charge in [0.15, 0.2) is 5.65 Å². The molecule has 0 saturated carbocycles. The Hall–Kier alpha value is -2.54. The maximum Gasteiger partial charge on any atom is 0.157 e. The topological polar surface area (TPSA) is 53.1 Å². The molecular weight excluding hydrogens is 320 g/mol. The van der Waals surface area contributed by atoms with Gasteiger partial charge in [-0.25, -0.2) is 4.98 Å². The largest absolute Gasteiger partial charge is 0.368 e. The van der Waals surface area contributed by atoms with Crippen molar-refractivity contribution in [2.24, 2.45) is 5.92 Å². The first-order chi connectivity index (χ1) is 12.5. The molecule has 1 atom stereocenters. The van der Waals surface area contributed by atoms with E-state index in [1.54, 1.807) is 0 Å². The van der Waals surface area contributed by atoms with Crippen LogP contribution in [0.2, 0.25) is 0 Å². The van der Waals surface area contributed by atoms with Crippen molar-refractivity contribution in [3.63, 3.8) is 0 Å². The Morgan fingerprint density at radius 2 is 1.96 bits per heavy atom. The molecule has 3 rings (SSSR count). The van der Waals surface area contributed by atoms with E-state index in [1.807, 2.05) is 18.2 Å². The van der Waals surface area contributed by atoms with E-state index in [-0.39, 0.29) is 0 Å². The highest BCUT2D eigenvalue weighted by molar-refractivity contribution is 5.86. The normalized spacial score (nSPS) is 12.7. The zero-order valence-corrected chi connectivity index (χ0v) is 16.4. The third kappa shape index (κ3) is 3.14. The van der Waals surface area contributed by atoms with E-state index in [4.69, 9.17) is 4.98 Å². The monoisotopic (exact) mass is 348 g/mol. The molecule has 0 bridgehead atoms. The fourth-order valence-electron chi connectivity index (χ4n) is 3.41. The van der Waals surface area contributed by atoms with Gasteiger partial charge in [-0.1, -0.05) is 32.9 Å². The molecular formula is C22H28N4. The Kier molecular flexibility index (Phi) is 5.18. The van der Waals surface area contributed by atoms with Gasteiger partial charge in [0, 0.05) is 6.04 Å². The maximum absolute atomic E-state index is 9.84. The van der Waals surface area contributed by atoms with E-state index in [1.165, 1.54) is 5.56 Å². The van der Waals surface area contributed by atoms with Crippen LogP contribution >= 0.6 is 0 Å². The second-order valence-corrected chi connectivity index (χ2v) is 7.58. The lowest BCUT2D eigenvalue weighted by Gasteiger charge is -2.22. The van der Waals surface area contributed by atoms with E-state index in [2.05, 4.69) is 56.5 Å². The summed E-state index contributed by atoms with van der Waals surface area (Å²) >= 11 is 0. The molecule has 0 amide bonds. The van der Waals surface area contributed by atoms with Gasteiger partial charge in [0.25, 0.3) is 0 Å². The Morgan fingerprint density at radius 3 is 2.62 bits per heavy atom. The Labute approximate surface area is 155 Å². The minimum Gasteiger partial charge on any atom is -0.368 e. The number of nitrogens with one attached hydrogen (secondary N) is 1. The molecule has 0 aliphatic heterocycles. The van der Waals surface area contributed by atoms with Crippen molar-refractivity contribution in [1.82, 2.24) is 9.38 Å². The van der Waals surface area contributed by atoms with Crippen LogP contribution < -0.4 is 5.32 Å². The summed E-state index contributed by atoms with van der Waals surface area (Å²) in [5, 5.41) is 13.5. The molecule has 136 valence electrons. The summed E-state index contributed by atoms with van der Waals surface area (Å²) in [4.78, 5) is 4.78. The number of aromatic nitrogens is 2. The first kappa shape index (κ1) is 18.3. The van der Waals surface area contributed by atoms with Gasteiger partial charge in [-0.05, 0) is 62.3 Å². The van der Waals surface area contributed by atoms with Crippen LogP contribution in [0.25, 0.3) is 16.7 Å². The summed E-state index contributed by atoms with van der Waals surface area (Å²) in [7, 11) is 0. The lowest BCUT2D eigenvalue weighted by molar-refractivity contribution is 0.585. The molecule has 0 aliphatic carbocycles. The van der Waals surface area contributed by atoms with Gasteiger partial charge in [-0.15, -0.1) is 0 Å². The van der Waals surface area contributed by atoms with Crippen molar-refractivity contribution < 1.29 is 0 Å². The minimum absolute atomic E-state index is 0.351. The van der Waals surface area contributed by atoms with Gasteiger partial charge in [-0.3, -0.25) is 4.40 Å². The lowest BCUT2D eigenvalue weighted by atomic mass is 9.96. The predicted molar refractivity (Wildman–Crippen MR) is 109 cm³/mol. The number of anilines is 1. The average Bonchev–Trinajstić information content (AvgIpc) is 3.00. The van der Waals surface area contributed by atoms with E-state index in [0.29, 0.717) is 17.5 Å². The van der Waals surface area contributed by atoms with Crippen molar-refractivity contribution in [3.05, 3.63) is 41.0 Å². The molecule has 4 nitrogen and oxygen atoms in total. The Balaban J connectivity index is 2.38. The molecule has 26 heavy (non-hydrogen) atoms. The number of nitrogens with zero attached hydrogens (tertiary/aromatic N) is 3. The number of rotatable bonds is 6. The quantitative estimate of drug-likeness (QED) is 0.643. The highest BCUT2D eigenvalue weighted by Crippen LogP contribution is 2.32. The molecule has 0 fully saturated rings. The van der Waals surface area contributed by atoms with E-state index < -0.39 is 0 Å². The van der Waals surface area contributed by atoms with Crippen LogP contribution in [0.4, 0.5) is 5.82 Å². The van der Waals surface area contributed by atoms with Gasteiger partial charge >= 0.3 is 0 Å². The summed E-state index contributed by atoms with van der Waals surface area (Å²) in [6.07, 6.45) is 3.09. The highest BCUT2D eigenvalue weighted by atomic mass is 15.1. The van der Waals surface area contributed by atoms with Crippen molar-refractivity contribution in [1.29, 1.82) is 5.26 Å². The second-order valence-electron chi connectivity index (χ2n) is 7.58. The molecule has 0 spiro atoms. The molecule has 2 aromatic heterocycles. The smallest absolute Gasteiger partial charge is 0.157 e. The third-order valence-electron chi connectivity index (χ3n) is 5.20. The molecule has 2 heterocycles. The first-order valence-electron chi connectivity index (χ1n) is 9.57. The Bertz CT molecular complexity index is 975. The zero-order chi connectivity index (χ0) is 18.8. The van der Waals surface area contributed by atoms with Crippen molar-refractivity contribution in [2.45, 2.75) is 59.9 Å². The van der Waals surface area contributed by atoms with Crippen molar-refractivity contribution in [2.75, 3.05) is 5.32 Å². The maximum atomic E-state index is 9.84. The fourth-order valence-corrected chi connectivity index (χ4v) is 3.41. The van der Waals surface area contributed by atoms with Gasteiger partial charge < -0.3 is 5.32 Å². The third-order valence-corrected chi connectivity index (χ3v) is 5.20. The van der Waals surface area contributed by atoms with Crippen LogP contribution in [0.3, 0.4) is 0 Å². The van der Waals surface area contributed by atoms with Crippen LogP contribution in [0.15, 0.2) is 24.3 Å². The summed E-state index contributed by atoms with van der Waals surface area (Å²) in [5.41, 5.74) is 5.72. The van der Waals surface area contributed by atoms with Crippen molar-refractivity contribution in [3.8, 4) is 6.07 Å². The summed E-state index contributed by atoms with van der Waals surface area (Å²) in [5.74, 6) is 1.71. The van der Waals surface area contributed by atoms with E-state index in [9.17, 15) is 5.26 Å². The molecule has 0 aliphatic rings. The fraction of sp³-hybridized carbons (Fsp3) is 0.455. The molecule has 1 N–H and O–H groups in total. The van der Waals surface area contributed by atoms with Crippen LogP contribution in [-0.4, -0.2) is 15.4 Å². The number of para-hydroxylation sites is 2. The first-order valence-corrected chi connectivity index (χ1v) is 9.57. The van der Waals surface area contributed by atoms with Gasteiger partial charge in [0.2, 0.25) is 0 Å². The molecule has 0 radical (unpaired) electrons. The van der Waals surface area contributed by atoms with Crippen LogP contribution in [0.5, 0.6) is 0 Å². The average molecular weight is 348 g/mol. The number of nitriles is 1. The Morgan fingerprint density at radius 1 is 1.23 bits per heavy atom. The second kappa shape index (κ2) is 7.37. The summed E-state index contributed by atoms with van der Waals surface area (Å²) in [6, 6.07) is 10.9. The SMILES string of the molecule is CC[C@H](C)Nc1c(CCC(C)C)c(C)c(C#N)c2nc3ccccc3n12. The van der Waals surface area contributed by atoms with Gasteiger partial charge in [0.1, 0.15) is 11.9 Å². The summed E-state index contributed by atoms with van der Waals surface area (Å²) < 4.78 is 2.16. The number of benzene rings is 1. The summed E-state index contributed by atoms with van der Waals surface area (Å²) in [6.45, 7) is 10.9. The molecule has 0 unspecified atom stereocenters. The number of hydrogen-bond donors (Lipinski definition) is 1. The van der Waals surface area contributed by atoms with Gasteiger partial charge in [0.05, 0.1) is 16.6 Å². The number of imidazole rings is 1. The van der Waals surface area contributed by atoms with E-state index >= 15 is 0 Å². The highest BCUT2D eigenvalue weighted by Gasteiger charge is 2.21. The standard InChI is InChI=1S/C22H28N4/c1-6-15(4)24-21-17(12-11-14(2)3)16(5)18(13-23)22-25-19-9-7-8-10-20(19)26(21)22/h7-10,14-15,24H,6,11-12H2,1-5H3/t15-/m0/s1. The molecule has 4 heteroatoms. The minimum atomic E-state index is 0.351. The lowest BCUT2D eigenvalue weighted by Crippen LogP contribution is -2.19. The van der Waals surface area contributed by atoms with Crippen LogP contribution in [-0.2, 0) is 6.42 Å². The predicted octanol–water partition coefficient (Wildman–Crippen LogP) is 5.47. The van der Waals surface area contributed by atoms with Crippen LogP contribution in [0, 0.1) is 24.2 Å². The number of pyridine rings is 1. The number of fused-ring (bicyclic) bond motifs is 3. The van der Waals surface area contributed by atoms with Crippen LogP contribution in [0.1, 0.15) is 57.2 Å². The zero-order valence-electron chi connectivity index (χ0n) is 16.4. The molecule has 3 aromatic rings. The van der Waals surface area contributed by atoms with Gasteiger partial charge in [-0.2, -0.15) is 5.26 Å². The van der Waals surface area contributed by atoms with Crippen molar-refractivity contribution >= 4 is 22.5 Å². The molecule has 1 aromatic carbocycles. The van der Waals surface area contributed by atoms with E-state index in [0.717, 1.165) is 47.3 Å².